The number of anilines is 1. The molecule has 0 aliphatic carbocycles. The number of halogens is 2. The van der Waals surface area contributed by atoms with Gasteiger partial charge in [0.15, 0.2) is 0 Å². The van der Waals surface area contributed by atoms with Gasteiger partial charge in [-0.2, -0.15) is 0 Å². The first-order chi connectivity index (χ1) is 18.0. The Morgan fingerprint density at radius 1 is 1.00 bits per heavy atom. The molecule has 0 aromatic heterocycles. The number of amides is 2. The summed E-state index contributed by atoms with van der Waals surface area (Å²) in [4.78, 5) is 27.7. The number of rotatable bonds is 10. The van der Waals surface area contributed by atoms with Crippen molar-refractivity contribution in [2.75, 3.05) is 25.0 Å². The summed E-state index contributed by atoms with van der Waals surface area (Å²) in [6.07, 6.45) is 0. The van der Waals surface area contributed by atoms with Crippen LogP contribution in [0.5, 0.6) is 5.75 Å². The van der Waals surface area contributed by atoms with E-state index in [1.165, 1.54) is 31.2 Å². The van der Waals surface area contributed by atoms with E-state index in [1.807, 2.05) is 31.2 Å². The molecular formula is C27H29Br2N3O5S. The molecule has 2 amide bonds. The summed E-state index contributed by atoms with van der Waals surface area (Å²) in [5.74, 6) is -0.415. The van der Waals surface area contributed by atoms with Gasteiger partial charge in [0.25, 0.3) is 10.0 Å². The van der Waals surface area contributed by atoms with Gasteiger partial charge in [0.2, 0.25) is 11.8 Å². The minimum Gasteiger partial charge on any atom is -0.496 e. The predicted molar refractivity (Wildman–Crippen MR) is 155 cm³/mol. The third-order valence-corrected chi connectivity index (χ3v) is 8.91. The Morgan fingerprint density at radius 2 is 1.63 bits per heavy atom. The van der Waals surface area contributed by atoms with Crippen LogP contribution in [0, 0.1) is 6.92 Å². The number of likely N-dealkylation sites (N-methyl/N-ethyl adjacent to an activating group) is 1. The summed E-state index contributed by atoms with van der Waals surface area (Å²) >= 11 is 6.74. The molecule has 0 radical (unpaired) electrons. The van der Waals surface area contributed by atoms with E-state index in [0.717, 1.165) is 19.9 Å². The Morgan fingerprint density at radius 3 is 2.18 bits per heavy atom. The molecule has 0 saturated heterocycles. The van der Waals surface area contributed by atoms with Gasteiger partial charge in [-0.1, -0.05) is 45.8 Å². The molecule has 3 aromatic carbocycles. The lowest BCUT2D eigenvalue weighted by Crippen LogP contribution is -2.50. The van der Waals surface area contributed by atoms with Crippen LogP contribution in [-0.2, 0) is 26.2 Å². The van der Waals surface area contributed by atoms with Gasteiger partial charge >= 0.3 is 0 Å². The van der Waals surface area contributed by atoms with Crippen molar-refractivity contribution in [2.45, 2.75) is 31.3 Å². The molecule has 1 N–H and O–H groups in total. The highest BCUT2D eigenvalue weighted by Crippen LogP contribution is 2.31. The van der Waals surface area contributed by atoms with Gasteiger partial charge in [0, 0.05) is 18.1 Å². The molecule has 8 nitrogen and oxygen atoms in total. The summed E-state index contributed by atoms with van der Waals surface area (Å²) < 4.78 is 35.4. The van der Waals surface area contributed by atoms with E-state index in [9.17, 15) is 18.0 Å². The fraction of sp³-hybridized carbons (Fsp3) is 0.259. The fourth-order valence-electron chi connectivity index (χ4n) is 3.75. The normalized spacial score (nSPS) is 11.9. The minimum absolute atomic E-state index is 0.0163. The lowest BCUT2D eigenvalue weighted by Gasteiger charge is -2.32. The van der Waals surface area contributed by atoms with Crippen LogP contribution in [-0.4, -0.2) is 51.9 Å². The van der Waals surface area contributed by atoms with E-state index in [-0.39, 0.29) is 17.3 Å². The number of hydrogen-bond donors (Lipinski definition) is 1. The summed E-state index contributed by atoms with van der Waals surface area (Å²) in [7, 11) is -1.20. The average molecular weight is 667 g/mol. The van der Waals surface area contributed by atoms with Crippen molar-refractivity contribution in [1.82, 2.24) is 10.2 Å². The van der Waals surface area contributed by atoms with Crippen LogP contribution in [0.15, 0.2) is 80.6 Å². The largest absolute Gasteiger partial charge is 0.496 e. The standard InChI is InChI=1S/C27H29Br2N3O5S/c1-18-5-11-22(12-6-18)32(38(35,36)23-13-14-25(37-4)24(29)15-23)17-26(33)31(19(2)27(34)30-3)16-20-7-9-21(28)10-8-20/h5-15,19H,16-17H2,1-4H3,(H,30,34)/t19-/m1/s1. The molecule has 202 valence electrons. The van der Waals surface area contributed by atoms with E-state index in [2.05, 4.69) is 37.2 Å². The quantitative estimate of drug-likeness (QED) is 0.333. The van der Waals surface area contributed by atoms with Crippen molar-refractivity contribution in [3.05, 3.63) is 86.8 Å². The number of sulfonamides is 1. The Kier molecular flexibility index (Phi) is 9.97. The number of aryl methyl sites for hydroxylation is 1. The zero-order valence-electron chi connectivity index (χ0n) is 21.4. The van der Waals surface area contributed by atoms with Crippen molar-refractivity contribution >= 4 is 59.4 Å². The van der Waals surface area contributed by atoms with Gasteiger partial charge in [-0.3, -0.25) is 13.9 Å². The van der Waals surface area contributed by atoms with E-state index < -0.39 is 28.5 Å². The first-order valence-electron chi connectivity index (χ1n) is 11.7. The van der Waals surface area contributed by atoms with E-state index >= 15 is 0 Å². The average Bonchev–Trinajstić information content (AvgIpc) is 2.90. The fourth-order valence-corrected chi connectivity index (χ4v) is 6.15. The van der Waals surface area contributed by atoms with Gasteiger partial charge in [-0.25, -0.2) is 8.42 Å². The SMILES string of the molecule is CNC(=O)[C@@H](C)N(Cc1ccc(Br)cc1)C(=O)CN(c1ccc(C)cc1)S(=O)(=O)c1ccc(OC)c(Br)c1. The number of ether oxygens (including phenoxy) is 1. The molecule has 0 heterocycles. The van der Waals surface area contributed by atoms with Gasteiger partial charge in [-0.05, 0) is 77.8 Å². The van der Waals surface area contributed by atoms with Crippen LogP contribution < -0.4 is 14.4 Å². The zero-order valence-corrected chi connectivity index (χ0v) is 25.4. The number of carbonyl (C=O) groups excluding carboxylic acids is 2. The second-order valence-electron chi connectivity index (χ2n) is 8.58. The lowest BCUT2D eigenvalue weighted by atomic mass is 10.1. The first kappa shape index (κ1) is 29.7. The van der Waals surface area contributed by atoms with Crippen molar-refractivity contribution < 1.29 is 22.7 Å². The van der Waals surface area contributed by atoms with Gasteiger partial charge < -0.3 is 15.0 Å². The number of methoxy groups -OCH3 is 1. The number of benzene rings is 3. The molecule has 3 rings (SSSR count). The van der Waals surface area contributed by atoms with Crippen LogP contribution in [0.25, 0.3) is 0 Å². The van der Waals surface area contributed by atoms with Crippen LogP contribution in [0.4, 0.5) is 5.69 Å². The van der Waals surface area contributed by atoms with Gasteiger partial charge in [-0.15, -0.1) is 0 Å². The zero-order chi connectivity index (χ0) is 28.0. The van der Waals surface area contributed by atoms with E-state index in [4.69, 9.17) is 4.74 Å². The molecule has 0 aliphatic heterocycles. The Bertz CT molecular complexity index is 1400. The number of hydrogen-bond acceptors (Lipinski definition) is 5. The summed E-state index contributed by atoms with van der Waals surface area (Å²) in [5.41, 5.74) is 2.06. The monoisotopic (exact) mass is 665 g/mol. The molecule has 0 spiro atoms. The molecule has 0 aliphatic rings. The molecule has 0 saturated carbocycles. The highest BCUT2D eigenvalue weighted by Gasteiger charge is 2.32. The highest BCUT2D eigenvalue weighted by atomic mass is 79.9. The number of nitrogens with one attached hydrogen (secondary N) is 1. The molecule has 1 atom stereocenters. The molecule has 0 fully saturated rings. The van der Waals surface area contributed by atoms with Crippen molar-refractivity contribution in [3.63, 3.8) is 0 Å². The lowest BCUT2D eigenvalue weighted by molar-refractivity contribution is -0.139. The second-order valence-corrected chi connectivity index (χ2v) is 12.2. The Hall–Kier alpha value is -2.89. The highest BCUT2D eigenvalue weighted by molar-refractivity contribution is 9.10. The smallest absolute Gasteiger partial charge is 0.264 e. The Balaban J connectivity index is 2.04. The maximum Gasteiger partial charge on any atom is 0.264 e. The molecule has 0 bridgehead atoms. The molecule has 3 aromatic rings. The first-order valence-corrected chi connectivity index (χ1v) is 14.7. The van der Waals surface area contributed by atoms with Gasteiger partial charge in [0.05, 0.1) is 22.2 Å². The summed E-state index contributed by atoms with van der Waals surface area (Å²) in [6, 6.07) is 17.8. The second kappa shape index (κ2) is 12.8. The van der Waals surface area contributed by atoms with Crippen LogP contribution in [0.3, 0.4) is 0 Å². The third kappa shape index (κ3) is 6.95. The van der Waals surface area contributed by atoms with Crippen LogP contribution in [0.1, 0.15) is 18.1 Å². The van der Waals surface area contributed by atoms with Crippen molar-refractivity contribution in [1.29, 1.82) is 0 Å². The van der Waals surface area contributed by atoms with Gasteiger partial charge in [0.1, 0.15) is 18.3 Å². The maximum atomic E-state index is 13.9. The summed E-state index contributed by atoms with van der Waals surface area (Å²) in [6.45, 7) is 3.11. The molecule has 38 heavy (non-hydrogen) atoms. The number of nitrogens with zero attached hydrogens (tertiary/aromatic N) is 2. The topological polar surface area (TPSA) is 96.0 Å². The minimum atomic E-state index is -4.18. The van der Waals surface area contributed by atoms with Crippen LogP contribution >= 0.6 is 31.9 Å². The third-order valence-electron chi connectivity index (χ3n) is 5.99. The predicted octanol–water partition coefficient (Wildman–Crippen LogP) is 4.89. The van der Waals surface area contributed by atoms with Crippen molar-refractivity contribution in [3.8, 4) is 5.75 Å². The van der Waals surface area contributed by atoms with E-state index in [0.29, 0.717) is 15.9 Å². The van der Waals surface area contributed by atoms with E-state index in [1.54, 1.807) is 37.3 Å². The maximum absolute atomic E-state index is 13.9. The summed E-state index contributed by atoms with van der Waals surface area (Å²) in [5, 5.41) is 2.57. The molecule has 11 heteroatoms. The molecular weight excluding hydrogens is 638 g/mol. The number of carbonyl (C=O) groups is 2. The van der Waals surface area contributed by atoms with Crippen LogP contribution in [0.2, 0.25) is 0 Å². The Labute approximate surface area is 240 Å². The molecule has 0 unspecified atom stereocenters. The van der Waals surface area contributed by atoms with Crippen molar-refractivity contribution in [2.24, 2.45) is 0 Å².